The molecule has 2 heteroatoms. The summed E-state index contributed by atoms with van der Waals surface area (Å²) in [4.78, 5) is 0. The van der Waals surface area contributed by atoms with Crippen LogP contribution in [0.5, 0.6) is 0 Å². The molecule has 1 rings (SSSR count). The average molecular weight is 244 g/mol. The third kappa shape index (κ3) is 5.09. The van der Waals surface area contributed by atoms with Crippen molar-refractivity contribution in [2.24, 2.45) is 5.41 Å². The normalized spacial score (nSPS) is 18.4. The van der Waals surface area contributed by atoms with Crippen LogP contribution in [0.4, 0.5) is 0 Å². The maximum absolute atomic E-state index is 5.79. The third-order valence-corrected chi connectivity index (χ3v) is 4.47. The van der Waals surface area contributed by atoms with E-state index in [1.54, 1.807) is 0 Å². The van der Waals surface area contributed by atoms with Crippen molar-refractivity contribution in [1.82, 2.24) is 0 Å². The number of hydrogen-bond donors (Lipinski definition) is 1. The summed E-state index contributed by atoms with van der Waals surface area (Å²) in [6.45, 7) is 4.17. The van der Waals surface area contributed by atoms with Crippen LogP contribution in [0.1, 0.15) is 64.7 Å². The molecule has 0 saturated heterocycles. The van der Waals surface area contributed by atoms with E-state index in [0.717, 1.165) is 19.0 Å². The summed E-state index contributed by atoms with van der Waals surface area (Å²) in [5.41, 5.74) is 0.450. The van der Waals surface area contributed by atoms with Gasteiger partial charge in [-0.15, -0.1) is 0 Å². The van der Waals surface area contributed by atoms with Gasteiger partial charge in [0.1, 0.15) is 0 Å². The first-order chi connectivity index (χ1) is 7.83. The van der Waals surface area contributed by atoms with Gasteiger partial charge in [-0.1, -0.05) is 45.4 Å². The van der Waals surface area contributed by atoms with E-state index in [1.165, 1.54) is 57.8 Å². The van der Waals surface area contributed by atoms with Gasteiger partial charge in [0.15, 0.2) is 0 Å². The second kappa shape index (κ2) is 8.41. The van der Waals surface area contributed by atoms with Crippen LogP contribution in [-0.4, -0.2) is 19.0 Å². The van der Waals surface area contributed by atoms with Crippen molar-refractivity contribution in [3.8, 4) is 0 Å². The Morgan fingerprint density at radius 3 is 2.31 bits per heavy atom. The molecule has 1 fully saturated rings. The van der Waals surface area contributed by atoms with Gasteiger partial charge in [-0.25, -0.2) is 0 Å². The lowest BCUT2D eigenvalue weighted by atomic mass is 9.71. The van der Waals surface area contributed by atoms with Gasteiger partial charge in [-0.2, -0.15) is 12.6 Å². The van der Waals surface area contributed by atoms with Crippen LogP contribution in [-0.2, 0) is 4.74 Å². The Hall–Kier alpha value is 0.310. The minimum Gasteiger partial charge on any atom is -0.381 e. The fourth-order valence-corrected chi connectivity index (χ4v) is 2.71. The summed E-state index contributed by atoms with van der Waals surface area (Å²) in [5.74, 6) is 1.00. The predicted octanol–water partition coefficient (Wildman–Crippen LogP) is 4.46. The van der Waals surface area contributed by atoms with Gasteiger partial charge in [-0.3, -0.25) is 0 Å². The summed E-state index contributed by atoms with van der Waals surface area (Å²) in [7, 11) is 0. The van der Waals surface area contributed by atoms with E-state index in [9.17, 15) is 0 Å². The second-order valence-corrected chi connectivity index (χ2v) is 5.65. The molecule has 0 aromatic carbocycles. The van der Waals surface area contributed by atoms with Gasteiger partial charge < -0.3 is 4.74 Å². The third-order valence-electron chi connectivity index (χ3n) is 3.80. The summed E-state index contributed by atoms with van der Waals surface area (Å²) >= 11 is 4.43. The Labute approximate surface area is 107 Å². The van der Waals surface area contributed by atoms with Gasteiger partial charge in [0.25, 0.3) is 0 Å². The van der Waals surface area contributed by atoms with Gasteiger partial charge >= 0.3 is 0 Å². The Morgan fingerprint density at radius 1 is 1.06 bits per heavy atom. The van der Waals surface area contributed by atoms with Gasteiger partial charge in [0.2, 0.25) is 0 Å². The average Bonchev–Trinajstić information content (AvgIpc) is 2.25. The van der Waals surface area contributed by atoms with Crippen molar-refractivity contribution in [2.45, 2.75) is 64.7 Å². The van der Waals surface area contributed by atoms with Crippen LogP contribution >= 0.6 is 12.6 Å². The van der Waals surface area contributed by atoms with E-state index < -0.39 is 0 Å². The van der Waals surface area contributed by atoms with Crippen LogP contribution in [0.2, 0.25) is 0 Å². The molecular weight excluding hydrogens is 216 g/mol. The summed E-state index contributed by atoms with van der Waals surface area (Å²) in [6.07, 6.45) is 12.1. The maximum Gasteiger partial charge on any atom is 0.0530 e. The molecule has 0 radical (unpaired) electrons. The maximum atomic E-state index is 5.79. The summed E-state index contributed by atoms with van der Waals surface area (Å²) < 4.78 is 5.79. The Bertz CT molecular complexity index is 161. The number of unbranched alkanes of at least 4 members (excludes halogenated alkanes) is 5. The zero-order valence-electron chi connectivity index (χ0n) is 10.8. The lowest BCUT2D eigenvalue weighted by Gasteiger charge is -2.40. The first-order valence-corrected chi connectivity index (χ1v) is 7.65. The van der Waals surface area contributed by atoms with Crippen molar-refractivity contribution in [3.05, 3.63) is 0 Å². The van der Waals surface area contributed by atoms with Crippen molar-refractivity contribution in [2.75, 3.05) is 19.0 Å². The van der Waals surface area contributed by atoms with Crippen LogP contribution in [0, 0.1) is 5.41 Å². The highest BCUT2D eigenvalue weighted by atomic mass is 32.1. The molecule has 0 bridgehead atoms. The number of hydrogen-bond acceptors (Lipinski definition) is 2. The molecule has 0 aliphatic heterocycles. The molecule has 1 aliphatic carbocycles. The molecule has 0 aromatic heterocycles. The molecule has 16 heavy (non-hydrogen) atoms. The second-order valence-electron chi connectivity index (χ2n) is 5.33. The monoisotopic (exact) mass is 244 g/mol. The number of rotatable bonds is 10. The van der Waals surface area contributed by atoms with E-state index in [2.05, 4.69) is 19.6 Å². The molecule has 1 nitrogen and oxygen atoms in total. The van der Waals surface area contributed by atoms with Gasteiger partial charge in [0.05, 0.1) is 6.61 Å². The highest BCUT2D eigenvalue weighted by molar-refractivity contribution is 7.80. The minimum absolute atomic E-state index is 0.450. The molecule has 0 spiro atoms. The fourth-order valence-electron chi connectivity index (χ4n) is 2.30. The Morgan fingerprint density at radius 2 is 1.75 bits per heavy atom. The number of thiol groups is 1. The SMILES string of the molecule is CCCCCCCCOCC1(CS)CCC1. The van der Waals surface area contributed by atoms with E-state index in [-0.39, 0.29) is 0 Å². The van der Waals surface area contributed by atoms with E-state index >= 15 is 0 Å². The Balaban J connectivity index is 1.84. The molecule has 0 amide bonds. The first-order valence-electron chi connectivity index (χ1n) is 7.01. The zero-order valence-corrected chi connectivity index (χ0v) is 11.7. The molecule has 1 aliphatic rings. The van der Waals surface area contributed by atoms with Crippen molar-refractivity contribution < 1.29 is 4.74 Å². The van der Waals surface area contributed by atoms with Gasteiger partial charge in [0, 0.05) is 12.0 Å². The van der Waals surface area contributed by atoms with Gasteiger partial charge in [-0.05, 0) is 25.0 Å². The highest BCUT2D eigenvalue weighted by Crippen LogP contribution is 2.41. The Kier molecular flexibility index (Phi) is 7.55. The minimum atomic E-state index is 0.450. The lowest BCUT2D eigenvalue weighted by molar-refractivity contribution is 0.00899. The van der Waals surface area contributed by atoms with Crippen LogP contribution < -0.4 is 0 Å². The molecule has 1 saturated carbocycles. The van der Waals surface area contributed by atoms with E-state index in [1.807, 2.05) is 0 Å². The van der Waals surface area contributed by atoms with E-state index in [4.69, 9.17) is 4.74 Å². The number of ether oxygens (including phenoxy) is 1. The van der Waals surface area contributed by atoms with Crippen molar-refractivity contribution >= 4 is 12.6 Å². The molecular formula is C14H28OS. The molecule has 0 heterocycles. The molecule has 0 atom stereocenters. The van der Waals surface area contributed by atoms with Crippen LogP contribution in [0.15, 0.2) is 0 Å². The zero-order chi connectivity index (χ0) is 11.7. The standard InChI is InChI=1S/C14H28OS/c1-2-3-4-5-6-7-11-15-12-14(13-16)9-8-10-14/h16H,2-13H2,1H3. The smallest absolute Gasteiger partial charge is 0.0530 e. The molecule has 96 valence electrons. The topological polar surface area (TPSA) is 9.23 Å². The fraction of sp³-hybridized carbons (Fsp3) is 1.00. The quantitative estimate of drug-likeness (QED) is 0.441. The van der Waals surface area contributed by atoms with E-state index in [0.29, 0.717) is 5.41 Å². The van der Waals surface area contributed by atoms with Crippen LogP contribution in [0.25, 0.3) is 0 Å². The van der Waals surface area contributed by atoms with Crippen molar-refractivity contribution in [3.63, 3.8) is 0 Å². The van der Waals surface area contributed by atoms with Crippen LogP contribution in [0.3, 0.4) is 0 Å². The van der Waals surface area contributed by atoms with Crippen molar-refractivity contribution in [1.29, 1.82) is 0 Å². The molecule has 0 unspecified atom stereocenters. The lowest BCUT2D eigenvalue weighted by Crippen LogP contribution is -2.36. The highest BCUT2D eigenvalue weighted by Gasteiger charge is 2.35. The first kappa shape index (κ1) is 14.4. The molecule has 0 aromatic rings. The predicted molar refractivity (Wildman–Crippen MR) is 74.3 cm³/mol. The summed E-state index contributed by atoms with van der Waals surface area (Å²) in [5, 5.41) is 0. The largest absolute Gasteiger partial charge is 0.381 e. The summed E-state index contributed by atoms with van der Waals surface area (Å²) in [6, 6.07) is 0. The molecule has 0 N–H and O–H groups in total.